The van der Waals surface area contributed by atoms with Crippen LogP contribution >= 0.6 is 0 Å². The Bertz CT molecular complexity index is 392. The third-order valence-electron chi connectivity index (χ3n) is 3.46. The molecular weight excluding hydrogens is 172 g/mol. The van der Waals surface area contributed by atoms with Gasteiger partial charge in [0.25, 0.3) is 0 Å². The third kappa shape index (κ3) is 1.02. The van der Waals surface area contributed by atoms with Gasteiger partial charge in [-0.25, -0.2) is 0 Å². The van der Waals surface area contributed by atoms with E-state index >= 15 is 0 Å². The predicted octanol–water partition coefficient (Wildman–Crippen LogP) is 3.23. The molecule has 4 rings (SSSR count). The lowest BCUT2D eigenvalue weighted by atomic mass is 9.72. The van der Waals surface area contributed by atoms with Gasteiger partial charge >= 0.3 is 0 Å². The summed E-state index contributed by atoms with van der Waals surface area (Å²) in [5.74, 6) is 2.30. The molecule has 1 aromatic rings. The quantitative estimate of drug-likeness (QED) is 0.612. The van der Waals surface area contributed by atoms with Crippen LogP contribution in [-0.4, -0.2) is 7.11 Å². The minimum Gasteiger partial charge on any atom is -0.497 e. The van der Waals surface area contributed by atoms with Crippen molar-refractivity contribution in [3.63, 3.8) is 0 Å². The predicted molar refractivity (Wildman–Crippen MR) is 56.9 cm³/mol. The van der Waals surface area contributed by atoms with Gasteiger partial charge in [-0.1, -0.05) is 18.2 Å². The highest BCUT2D eigenvalue weighted by Crippen LogP contribution is 2.45. The number of fused-ring (bicyclic) bond motifs is 1. The molecule has 0 amide bonds. The maximum atomic E-state index is 5.26. The Morgan fingerprint density at radius 3 is 2.43 bits per heavy atom. The van der Waals surface area contributed by atoms with Crippen LogP contribution < -0.4 is 4.74 Å². The molecule has 2 unspecified atom stereocenters. The topological polar surface area (TPSA) is 9.23 Å². The zero-order valence-electron chi connectivity index (χ0n) is 8.36. The molecule has 0 aliphatic heterocycles. The summed E-state index contributed by atoms with van der Waals surface area (Å²) >= 11 is 0. The zero-order chi connectivity index (χ0) is 9.54. The number of benzene rings is 1. The minimum absolute atomic E-state index is 0.644. The average Bonchev–Trinajstić information content (AvgIpc) is 2.30. The fourth-order valence-electron chi connectivity index (χ4n) is 2.68. The lowest BCUT2D eigenvalue weighted by Crippen LogP contribution is -2.16. The molecule has 1 nitrogen and oxygen atoms in total. The fraction of sp³-hybridized carbons (Fsp3) is 0.385. The highest BCUT2D eigenvalue weighted by molar-refractivity contribution is 5.47. The molecule has 0 N–H and O–H groups in total. The molecule has 0 spiro atoms. The van der Waals surface area contributed by atoms with E-state index in [1.165, 1.54) is 24.0 Å². The molecule has 0 fully saturated rings. The lowest BCUT2D eigenvalue weighted by Gasteiger charge is -2.33. The molecule has 0 saturated heterocycles. The molecule has 0 aromatic heterocycles. The van der Waals surface area contributed by atoms with Crippen molar-refractivity contribution in [1.29, 1.82) is 0 Å². The summed E-state index contributed by atoms with van der Waals surface area (Å²) in [5.41, 5.74) is 3.01. The Morgan fingerprint density at radius 2 is 1.79 bits per heavy atom. The van der Waals surface area contributed by atoms with E-state index in [9.17, 15) is 0 Å². The molecular formula is C13H14O. The Kier molecular flexibility index (Phi) is 1.66. The number of methoxy groups -OCH3 is 1. The molecule has 0 radical (unpaired) electrons. The van der Waals surface area contributed by atoms with E-state index in [4.69, 9.17) is 4.74 Å². The van der Waals surface area contributed by atoms with Gasteiger partial charge in [0, 0.05) is 11.8 Å². The van der Waals surface area contributed by atoms with Gasteiger partial charge in [-0.3, -0.25) is 0 Å². The highest BCUT2D eigenvalue weighted by Gasteiger charge is 2.28. The Morgan fingerprint density at radius 1 is 1.07 bits per heavy atom. The number of rotatable bonds is 1. The van der Waals surface area contributed by atoms with E-state index in [-0.39, 0.29) is 0 Å². The average molecular weight is 186 g/mol. The second kappa shape index (κ2) is 2.88. The number of hydrogen-bond acceptors (Lipinski definition) is 1. The van der Waals surface area contributed by atoms with Gasteiger partial charge in [0.2, 0.25) is 0 Å². The molecule has 14 heavy (non-hydrogen) atoms. The normalized spacial score (nSPS) is 27.5. The van der Waals surface area contributed by atoms with E-state index in [0.717, 1.165) is 5.75 Å². The van der Waals surface area contributed by atoms with Crippen molar-refractivity contribution >= 4 is 0 Å². The van der Waals surface area contributed by atoms with Crippen LogP contribution in [0.2, 0.25) is 0 Å². The van der Waals surface area contributed by atoms with Crippen LogP contribution in [0.25, 0.3) is 0 Å². The minimum atomic E-state index is 0.644. The standard InChI is InChI=1S/C13H14O/c1-14-11-6-7-12-9-2-4-10(5-3-9)13(12)8-11/h2,4,6-10H,3,5H2,1H3. The van der Waals surface area contributed by atoms with Crippen molar-refractivity contribution < 1.29 is 4.74 Å². The Labute approximate surface area is 84.4 Å². The van der Waals surface area contributed by atoms with E-state index in [1.54, 1.807) is 7.11 Å². The summed E-state index contributed by atoms with van der Waals surface area (Å²) in [6, 6.07) is 6.51. The van der Waals surface area contributed by atoms with Gasteiger partial charge in [-0.15, -0.1) is 0 Å². The van der Waals surface area contributed by atoms with Gasteiger partial charge in [0.15, 0.2) is 0 Å². The van der Waals surface area contributed by atoms with Gasteiger partial charge < -0.3 is 4.74 Å². The second-order valence-corrected chi connectivity index (χ2v) is 4.17. The van der Waals surface area contributed by atoms with E-state index in [0.29, 0.717) is 11.8 Å². The van der Waals surface area contributed by atoms with Crippen molar-refractivity contribution in [2.75, 3.05) is 7.11 Å². The summed E-state index contributed by atoms with van der Waals surface area (Å²) in [7, 11) is 1.73. The van der Waals surface area contributed by atoms with Crippen LogP contribution in [0.5, 0.6) is 5.75 Å². The van der Waals surface area contributed by atoms with Crippen LogP contribution in [0.1, 0.15) is 35.8 Å². The van der Waals surface area contributed by atoms with Gasteiger partial charge in [0.05, 0.1) is 7.11 Å². The number of allylic oxidation sites excluding steroid dienone is 2. The first kappa shape index (κ1) is 8.10. The summed E-state index contributed by atoms with van der Waals surface area (Å²) < 4.78 is 5.26. The Balaban J connectivity index is 2.14. The molecule has 0 heterocycles. The monoisotopic (exact) mass is 186 g/mol. The van der Waals surface area contributed by atoms with Crippen LogP contribution in [0.4, 0.5) is 0 Å². The van der Waals surface area contributed by atoms with Crippen LogP contribution in [-0.2, 0) is 0 Å². The van der Waals surface area contributed by atoms with Gasteiger partial charge in [-0.05, 0) is 36.1 Å². The summed E-state index contributed by atoms with van der Waals surface area (Å²) in [5, 5.41) is 0. The smallest absolute Gasteiger partial charge is 0.119 e. The van der Waals surface area contributed by atoms with Crippen LogP contribution in [0.15, 0.2) is 30.4 Å². The van der Waals surface area contributed by atoms with E-state index in [1.807, 2.05) is 0 Å². The summed E-state index contributed by atoms with van der Waals surface area (Å²) in [6.45, 7) is 0. The third-order valence-corrected chi connectivity index (χ3v) is 3.46. The highest BCUT2D eigenvalue weighted by atomic mass is 16.5. The first-order valence-electron chi connectivity index (χ1n) is 5.24. The molecule has 0 saturated carbocycles. The summed E-state index contributed by atoms with van der Waals surface area (Å²) in [6.07, 6.45) is 7.35. The molecule has 3 aliphatic rings. The largest absolute Gasteiger partial charge is 0.497 e. The Hall–Kier alpha value is -1.24. The number of ether oxygens (including phenoxy) is 1. The van der Waals surface area contributed by atoms with Crippen LogP contribution in [0, 0.1) is 0 Å². The van der Waals surface area contributed by atoms with Crippen molar-refractivity contribution in [1.82, 2.24) is 0 Å². The van der Waals surface area contributed by atoms with E-state index in [2.05, 4.69) is 30.4 Å². The molecule has 2 atom stereocenters. The zero-order valence-corrected chi connectivity index (χ0v) is 8.36. The lowest BCUT2D eigenvalue weighted by molar-refractivity contribution is 0.412. The molecule has 72 valence electrons. The van der Waals surface area contributed by atoms with Crippen molar-refractivity contribution in [2.24, 2.45) is 0 Å². The summed E-state index contributed by atoms with van der Waals surface area (Å²) in [4.78, 5) is 0. The fourth-order valence-corrected chi connectivity index (χ4v) is 2.68. The van der Waals surface area contributed by atoms with Crippen molar-refractivity contribution in [2.45, 2.75) is 24.7 Å². The number of hydrogen-bond donors (Lipinski definition) is 0. The first-order valence-corrected chi connectivity index (χ1v) is 5.24. The van der Waals surface area contributed by atoms with Gasteiger partial charge in [-0.2, -0.15) is 0 Å². The molecule has 1 aromatic carbocycles. The second-order valence-electron chi connectivity index (χ2n) is 4.17. The SMILES string of the molecule is COc1ccc2c(c1)C1C=CC2CC1. The van der Waals surface area contributed by atoms with E-state index < -0.39 is 0 Å². The van der Waals surface area contributed by atoms with Gasteiger partial charge in [0.1, 0.15) is 5.75 Å². The molecule has 2 bridgehead atoms. The molecule has 3 aliphatic carbocycles. The first-order chi connectivity index (χ1) is 6.88. The molecule has 1 heteroatoms. The van der Waals surface area contributed by atoms with Crippen molar-refractivity contribution in [3.8, 4) is 5.75 Å². The maximum absolute atomic E-state index is 5.26. The maximum Gasteiger partial charge on any atom is 0.119 e. The van der Waals surface area contributed by atoms with Crippen molar-refractivity contribution in [3.05, 3.63) is 41.5 Å². The van der Waals surface area contributed by atoms with Crippen LogP contribution in [0.3, 0.4) is 0 Å².